The normalized spacial score (nSPS) is 52.8. The van der Waals surface area contributed by atoms with Crippen molar-refractivity contribution in [2.75, 3.05) is 46.8 Å². The Bertz CT molecular complexity index is 1510. The Balaban J connectivity index is 1.19. The van der Waals surface area contributed by atoms with Gasteiger partial charge in [-0.05, 0) is 0 Å². The summed E-state index contributed by atoms with van der Waals surface area (Å²) >= 11 is 0. The third-order valence-corrected chi connectivity index (χ3v) is 12.6. The van der Waals surface area contributed by atoms with Gasteiger partial charge in [-0.3, -0.25) is 0 Å². The van der Waals surface area contributed by atoms with Crippen LogP contribution >= 0.6 is 0 Å². The second-order valence-electron chi connectivity index (χ2n) is 17.0. The molecule has 19 N–H and O–H groups in total. The van der Waals surface area contributed by atoms with E-state index in [-0.39, 0.29) is 0 Å². The van der Waals surface area contributed by atoms with Crippen LogP contribution in [-0.4, -0.2) is 328 Å². The van der Waals surface area contributed by atoms with E-state index in [4.69, 9.17) is 56.8 Å². The summed E-state index contributed by atoms with van der Waals surface area (Å²) < 4.78 is 66.2. The molecule has 6 fully saturated rings. The summed E-state index contributed by atoms with van der Waals surface area (Å²) in [5.74, 6) is 0. The van der Waals surface area contributed by atoms with Gasteiger partial charge in [-0.2, -0.15) is 0 Å². The average molecular weight is 1000 g/mol. The number of aliphatic hydroxyl groups is 19. The average Bonchev–Trinajstić information content (AvgIpc) is 3.33. The van der Waals surface area contributed by atoms with Crippen molar-refractivity contribution in [2.45, 2.75) is 184 Å². The molecule has 68 heavy (non-hydrogen) atoms. The fourth-order valence-electron chi connectivity index (χ4n) is 8.67. The standard InChI is InChI=1S/C37H64O31/c1-57-32-22(52)27(15(45)9(3-39)58-32)65-34-24(54)29(17(47)11(5-41)60-34)67-36-26(56)31(19(49)13(7-43)62-36)68-37-25(55)30(18(48)12(6-42)63-37)66-35-23(53)28(16(46)10(4-40)61-35)64-33-21(51)20(50)14(44)8(2-38)59-33/h8-56H,2-7H2,1H3/t8-,9-,10-,11-,12-,13-,14-,15-,16-,17-,18-,19-,20+,21+,22+,23+,24+,25+,26+,27+,28+,29+,30+,31+,32-,33+,34+,35+,36+,37+/m1/s1. The van der Waals surface area contributed by atoms with Crippen molar-refractivity contribution in [3.05, 3.63) is 0 Å². The predicted octanol–water partition coefficient (Wildman–Crippen LogP) is -13.4. The number of ether oxygens (including phenoxy) is 12. The molecule has 0 aliphatic carbocycles. The van der Waals surface area contributed by atoms with Crippen LogP contribution in [0.5, 0.6) is 0 Å². The first-order valence-electron chi connectivity index (χ1n) is 21.5. The summed E-state index contributed by atoms with van der Waals surface area (Å²) in [6.07, 6.45) is -57.1. The molecule has 0 spiro atoms. The van der Waals surface area contributed by atoms with Gasteiger partial charge in [0, 0.05) is 7.11 Å². The number of aliphatic hydroxyl groups excluding tert-OH is 19. The minimum Gasteiger partial charge on any atom is -0.394 e. The Hall–Kier alpha value is -1.24. The summed E-state index contributed by atoms with van der Waals surface area (Å²) in [5.41, 5.74) is 0. The van der Waals surface area contributed by atoms with Crippen molar-refractivity contribution in [3.63, 3.8) is 0 Å². The fourth-order valence-corrected chi connectivity index (χ4v) is 8.67. The zero-order valence-corrected chi connectivity index (χ0v) is 36.0. The van der Waals surface area contributed by atoms with E-state index in [9.17, 15) is 97.0 Å². The minimum absolute atomic E-state index is 0.775. The molecular formula is C37H64O31. The molecule has 6 aliphatic rings. The Kier molecular flexibility index (Phi) is 19.9. The molecule has 0 unspecified atom stereocenters. The lowest BCUT2D eigenvalue weighted by atomic mass is 9.95. The Morgan fingerprint density at radius 3 is 0.662 bits per heavy atom. The molecule has 0 aromatic rings. The van der Waals surface area contributed by atoms with Gasteiger partial charge >= 0.3 is 0 Å². The highest BCUT2D eigenvalue weighted by atomic mass is 16.8. The molecule has 6 heterocycles. The van der Waals surface area contributed by atoms with Crippen LogP contribution in [0.2, 0.25) is 0 Å². The summed E-state index contributed by atoms with van der Waals surface area (Å²) in [4.78, 5) is 0. The summed E-state index contributed by atoms with van der Waals surface area (Å²) in [7, 11) is 1.14. The summed E-state index contributed by atoms with van der Waals surface area (Å²) in [6, 6.07) is 0. The number of methoxy groups -OCH3 is 1. The maximum absolute atomic E-state index is 11.6. The molecule has 0 aromatic carbocycles. The van der Waals surface area contributed by atoms with Crippen LogP contribution < -0.4 is 0 Å². The number of rotatable bonds is 17. The molecule has 0 amide bonds. The molecule has 0 bridgehead atoms. The Morgan fingerprint density at radius 2 is 0.441 bits per heavy atom. The number of hydrogen-bond acceptors (Lipinski definition) is 31. The van der Waals surface area contributed by atoms with Crippen molar-refractivity contribution >= 4 is 0 Å². The van der Waals surface area contributed by atoms with Gasteiger partial charge in [-0.25, -0.2) is 0 Å². The maximum Gasteiger partial charge on any atom is 0.187 e. The van der Waals surface area contributed by atoms with Gasteiger partial charge in [0.15, 0.2) is 37.7 Å². The number of hydrogen-bond donors (Lipinski definition) is 19. The lowest BCUT2D eigenvalue weighted by molar-refractivity contribution is -0.398. The van der Waals surface area contributed by atoms with E-state index in [0.29, 0.717) is 0 Å². The molecular weight excluding hydrogens is 940 g/mol. The van der Waals surface area contributed by atoms with Gasteiger partial charge in [0.05, 0.1) is 39.6 Å². The van der Waals surface area contributed by atoms with Crippen LogP contribution in [0.1, 0.15) is 0 Å². The minimum atomic E-state index is -2.25. The van der Waals surface area contributed by atoms with Gasteiger partial charge in [0.1, 0.15) is 146 Å². The van der Waals surface area contributed by atoms with Gasteiger partial charge in [-0.15, -0.1) is 0 Å². The van der Waals surface area contributed by atoms with E-state index in [1.807, 2.05) is 0 Å². The van der Waals surface area contributed by atoms with Crippen LogP contribution in [-0.2, 0) is 56.8 Å². The van der Waals surface area contributed by atoms with Crippen LogP contribution in [0.4, 0.5) is 0 Å². The molecule has 6 aliphatic heterocycles. The van der Waals surface area contributed by atoms with Crippen molar-refractivity contribution in [3.8, 4) is 0 Å². The first kappa shape index (κ1) is 56.1. The Morgan fingerprint density at radius 1 is 0.250 bits per heavy atom. The summed E-state index contributed by atoms with van der Waals surface area (Å²) in [5, 5.41) is 202. The van der Waals surface area contributed by atoms with E-state index < -0.39 is 224 Å². The molecule has 30 atom stereocenters. The van der Waals surface area contributed by atoms with E-state index in [1.54, 1.807) is 0 Å². The highest BCUT2D eigenvalue weighted by molar-refractivity contribution is 5.00. The third-order valence-electron chi connectivity index (χ3n) is 12.6. The smallest absolute Gasteiger partial charge is 0.187 e. The first-order chi connectivity index (χ1) is 32.3. The van der Waals surface area contributed by atoms with Crippen LogP contribution in [0.25, 0.3) is 0 Å². The molecule has 6 saturated heterocycles. The molecule has 31 heteroatoms. The summed E-state index contributed by atoms with van der Waals surface area (Å²) in [6.45, 7) is -5.65. The predicted molar refractivity (Wildman–Crippen MR) is 204 cm³/mol. The van der Waals surface area contributed by atoms with E-state index in [0.717, 1.165) is 7.11 Å². The largest absolute Gasteiger partial charge is 0.394 e. The van der Waals surface area contributed by atoms with Gasteiger partial charge in [-0.1, -0.05) is 0 Å². The molecule has 6 rings (SSSR count). The lowest BCUT2D eigenvalue weighted by Crippen LogP contribution is -2.68. The Labute approximate surface area is 384 Å². The monoisotopic (exact) mass is 1000 g/mol. The van der Waals surface area contributed by atoms with Crippen molar-refractivity contribution in [1.82, 2.24) is 0 Å². The van der Waals surface area contributed by atoms with Crippen LogP contribution in [0.3, 0.4) is 0 Å². The third kappa shape index (κ3) is 11.3. The van der Waals surface area contributed by atoms with Gasteiger partial charge in [0.2, 0.25) is 0 Å². The van der Waals surface area contributed by atoms with Crippen molar-refractivity contribution < 1.29 is 154 Å². The van der Waals surface area contributed by atoms with Crippen molar-refractivity contribution in [2.24, 2.45) is 0 Å². The molecule has 31 nitrogen and oxygen atoms in total. The zero-order chi connectivity index (χ0) is 50.0. The van der Waals surface area contributed by atoms with Crippen LogP contribution in [0, 0.1) is 0 Å². The maximum atomic E-state index is 11.6. The highest BCUT2D eigenvalue weighted by Gasteiger charge is 2.58. The quantitative estimate of drug-likeness (QED) is 0.0643. The van der Waals surface area contributed by atoms with Gasteiger partial charge < -0.3 is 154 Å². The second-order valence-corrected chi connectivity index (χ2v) is 17.0. The molecule has 0 aromatic heterocycles. The molecule has 0 saturated carbocycles. The molecule has 0 radical (unpaired) electrons. The van der Waals surface area contributed by atoms with Crippen molar-refractivity contribution in [1.29, 1.82) is 0 Å². The fraction of sp³-hybridized carbons (Fsp3) is 1.00. The van der Waals surface area contributed by atoms with E-state index in [2.05, 4.69) is 0 Å². The van der Waals surface area contributed by atoms with Crippen LogP contribution in [0.15, 0.2) is 0 Å². The highest BCUT2D eigenvalue weighted by Crippen LogP contribution is 2.37. The molecule has 398 valence electrons. The lowest BCUT2D eigenvalue weighted by Gasteiger charge is -2.50. The topological polar surface area (TPSA) is 495 Å². The van der Waals surface area contributed by atoms with Gasteiger partial charge in [0.25, 0.3) is 0 Å². The van der Waals surface area contributed by atoms with E-state index in [1.165, 1.54) is 0 Å². The van der Waals surface area contributed by atoms with E-state index >= 15 is 0 Å². The SMILES string of the molecule is CO[C@@H]1O[C@H](CO)[C@@H](O)[C@H](O[C@@H]2O[C@H](CO)[C@@H](O)[C@H](O[C@@H]3O[C@H](CO)[C@@H](O)[C@H](O[C@@H]4O[C@H](CO)[C@@H](O)[C@H](O[C@@H]5O[C@H](CO)[C@@H](O)[C@H](O[C@@H]6O[C@H](CO)[C@@H](O)[C@H](O)[C@@H]6O)[C@@H]5O)[C@@H]4O)[C@@H]3O)[C@@H]2O)[C@@H]1O. The first-order valence-corrected chi connectivity index (χ1v) is 21.5. The second kappa shape index (κ2) is 24.2. The zero-order valence-electron chi connectivity index (χ0n) is 36.0.